The van der Waals surface area contributed by atoms with Crippen molar-refractivity contribution in [3.63, 3.8) is 0 Å². The molecule has 0 heterocycles. The second kappa shape index (κ2) is 6.41. The van der Waals surface area contributed by atoms with Crippen LogP contribution in [0, 0.1) is 0 Å². The highest BCUT2D eigenvalue weighted by Gasteiger charge is 2.29. The van der Waals surface area contributed by atoms with Crippen molar-refractivity contribution < 1.29 is 21.9 Å². The van der Waals surface area contributed by atoms with Crippen LogP contribution in [0.15, 0.2) is 34.1 Å². The van der Waals surface area contributed by atoms with Gasteiger partial charge in [0, 0.05) is 12.1 Å². The molecule has 0 fully saturated rings. The molecule has 120 valence electrons. The standard InChI is InChI=1S/C12H20N2O5S2/c1-3-12(2,7-8-15)14-21(18,19)11-6-4-5-10(9-11)20(13,16)17/h4-6,9,14-15H,3,7-8H2,1-2H3,(H2,13,16,17). The van der Waals surface area contributed by atoms with Gasteiger partial charge < -0.3 is 5.11 Å². The predicted molar refractivity (Wildman–Crippen MR) is 78.5 cm³/mol. The van der Waals surface area contributed by atoms with Crippen LogP contribution in [-0.2, 0) is 20.0 Å². The number of nitrogens with one attached hydrogen (secondary N) is 1. The van der Waals surface area contributed by atoms with Crippen molar-refractivity contribution in [2.75, 3.05) is 6.61 Å². The summed E-state index contributed by atoms with van der Waals surface area (Å²) in [7, 11) is -7.89. The van der Waals surface area contributed by atoms with Crippen molar-refractivity contribution in [1.82, 2.24) is 4.72 Å². The average Bonchev–Trinajstić information content (AvgIpc) is 2.37. The molecule has 1 aromatic rings. The molecule has 0 radical (unpaired) electrons. The molecule has 0 bridgehead atoms. The largest absolute Gasteiger partial charge is 0.396 e. The lowest BCUT2D eigenvalue weighted by Crippen LogP contribution is -2.46. The molecular weight excluding hydrogens is 316 g/mol. The van der Waals surface area contributed by atoms with E-state index in [-0.39, 0.29) is 22.8 Å². The van der Waals surface area contributed by atoms with Crippen LogP contribution in [0.3, 0.4) is 0 Å². The summed E-state index contributed by atoms with van der Waals surface area (Å²) >= 11 is 0. The molecule has 9 heteroatoms. The summed E-state index contributed by atoms with van der Waals surface area (Å²) in [6.07, 6.45) is 0.722. The summed E-state index contributed by atoms with van der Waals surface area (Å²) < 4.78 is 49.7. The summed E-state index contributed by atoms with van der Waals surface area (Å²) in [5.41, 5.74) is -0.814. The quantitative estimate of drug-likeness (QED) is 0.654. The minimum atomic E-state index is -3.98. The lowest BCUT2D eigenvalue weighted by molar-refractivity contribution is 0.233. The van der Waals surface area contributed by atoms with Crippen molar-refractivity contribution in [2.45, 2.75) is 42.0 Å². The van der Waals surface area contributed by atoms with Gasteiger partial charge in [-0.3, -0.25) is 0 Å². The molecule has 7 nitrogen and oxygen atoms in total. The number of aliphatic hydroxyl groups is 1. The maximum Gasteiger partial charge on any atom is 0.241 e. The van der Waals surface area contributed by atoms with Gasteiger partial charge in [-0.05, 0) is 38.0 Å². The van der Waals surface area contributed by atoms with Crippen LogP contribution in [0.25, 0.3) is 0 Å². The zero-order valence-electron chi connectivity index (χ0n) is 11.9. The van der Waals surface area contributed by atoms with E-state index in [0.29, 0.717) is 6.42 Å². The Balaban J connectivity index is 3.20. The fourth-order valence-corrected chi connectivity index (χ4v) is 3.94. The van der Waals surface area contributed by atoms with Crippen LogP contribution in [0.4, 0.5) is 0 Å². The molecule has 21 heavy (non-hydrogen) atoms. The van der Waals surface area contributed by atoms with E-state index in [1.807, 2.05) is 0 Å². The number of hydrogen-bond donors (Lipinski definition) is 3. The third-order valence-electron chi connectivity index (χ3n) is 3.27. The number of aliphatic hydroxyl groups excluding tert-OH is 1. The predicted octanol–water partition coefficient (Wildman–Crippen LogP) is 0.163. The maximum absolute atomic E-state index is 12.3. The van der Waals surface area contributed by atoms with Crippen molar-refractivity contribution in [2.24, 2.45) is 5.14 Å². The van der Waals surface area contributed by atoms with E-state index in [0.717, 1.165) is 6.07 Å². The van der Waals surface area contributed by atoms with E-state index in [1.165, 1.54) is 18.2 Å². The Kier molecular flexibility index (Phi) is 5.51. The monoisotopic (exact) mass is 336 g/mol. The fraction of sp³-hybridized carbons (Fsp3) is 0.500. The zero-order valence-corrected chi connectivity index (χ0v) is 13.5. The van der Waals surface area contributed by atoms with E-state index in [9.17, 15) is 16.8 Å². The minimum absolute atomic E-state index is 0.163. The molecule has 0 aliphatic heterocycles. The molecule has 0 spiro atoms. The second-order valence-corrected chi connectivity index (χ2v) is 8.26. The fourth-order valence-electron chi connectivity index (χ4n) is 1.75. The van der Waals surface area contributed by atoms with Crippen LogP contribution in [0.1, 0.15) is 26.7 Å². The van der Waals surface area contributed by atoms with Gasteiger partial charge in [-0.15, -0.1) is 0 Å². The Hall–Kier alpha value is -1.00. The van der Waals surface area contributed by atoms with Gasteiger partial charge in [0.1, 0.15) is 0 Å². The first-order valence-corrected chi connectivity index (χ1v) is 9.35. The second-order valence-electron chi connectivity index (χ2n) is 5.01. The Bertz CT molecular complexity index is 700. The van der Waals surface area contributed by atoms with Crippen LogP contribution in [0.2, 0.25) is 0 Å². The van der Waals surface area contributed by atoms with Crippen LogP contribution >= 0.6 is 0 Å². The lowest BCUT2D eigenvalue weighted by Gasteiger charge is -2.28. The first-order chi connectivity index (χ1) is 9.54. The molecule has 0 amide bonds. The smallest absolute Gasteiger partial charge is 0.241 e. The van der Waals surface area contributed by atoms with E-state index in [1.54, 1.807) is 13.8 Å². The SMILES string of the molecule is CCC(C)(CCO)NS(=O)(=O)c1cccc(S(N)(=O)=O)c1. The average molecular weight is 336 g/mol. The molecule has 1 rings (SSSR count). The van der Waals surface area contributed by atoms with E-state index in [2.05, 4.69) is 4.72 Å². The highest BCUT2D eigenvalue weighted by Crippen LogP contribution is 2.20. The van der Waals surface area contributed by atoms with Gasteiger partial charge in [-0.1, -0.05) is 13.0 Å². The Labute approximate surface area is 125 Å². The van der Waals surface area contributed by atoms with Gasteiger partial charge >= 0.3 is 0 Å². The molecule has 0 aliphatic carbocycles. The number of hydrogen-bond acceptors (Lipinski definition) is 5. The molecule has 1 unspecified atom stereocenters. The Morgan fingerprint density at radius 2 is 1.81 bits per heavy atom. The first-order valence-electron chi connectivity index (χ1n) is 6.32. The third kappa shape index (κ3) is 4.75. The van der Waals surface area contributed by atoms with Crippen molar-refractivity contribution >= 4 is 20.0 Å². The summed E-state index contributed by atoms with van der Waals surface area (Å²) in [6, 6.07) is 4.82. The van der Waals surface area contributed by atoms with E-state index < -0.39 is 25.6 Å². The van der Waals surface area contributed by atoms with Gasteiger partial charge in [0.05, 0.1) is 9.79 Å². The van der Waals surface area contributed by atoms with Gasteiger partial charge in [0.15, 0.2) is 0 Å². The summed E-state index contributed by atoms with van der Waals surface area (Å²) in [5.74, 6) is 0. The lowest BCUT2D eigenvalue weighted by atomic mass is 9.97. The van der Waals surface area contributed by atoms with E-state index in [4.69, 9.17) is 10.2 Å². The number of primary sulfonamides is 1. The molecule has 1 aromatic carbocycles. The molecule has 4 N–H and O–H groups in total. The Morgan fingerprint density at radius 3 is 2.29 bits per heavy atom. The highest BCUT2D eigenvalue weighted by molar-refractivity contribution is 7.90. The van der Waals surface area contributed by atoms with Gasteiger partial charge in [0.2, 0.25) is 20.0 Å². The maximum atomic E-state index is 12.3. The van der Waals surface area contributed by atoms with Gasteiger partial charge in [-0.25, -0.2) is 26.7 Å². The zero-order chi connectivity index (χ0) is 16.3. The highest BCUT2D eigenvalue weighted by atomic mass is 32.2. The van der Waals surface area contributed by atoms with Gasteiger partial charge in [-0.2, -0.15) is 0 Å². The van der Waals surface area contributed by atoms with Crippen molar-refractivity contribution in [1.29, 1.82) is 0 Å². The molecule has 1 atom stereocenters. The van der Waals surface area contributed by atoms with Crippen LogP contribution in [-0.4, -0.2) is 34.1 Å². The van der Waals surface area contributed by atoms with Crippen LogP contribution < -0.4 is 9.86 Å². The van der Waals surface area contributed by atoms with Crippen molar-refractivity contribution in [3.05, 3.63) is 24.3 Å². The summed E-state index contributed by atoms with van der Waals surface area (Å²) in [4.78, 5) is -0.461. The van der Waals surface area contributed by atoms with E-state index >= 15 is 0 Å². The molecular formula is C12H20N2O5S2. The normalized spacial score (nSPS) is 15.6. The van der Waals surface area contributed by atoms with Gasteiger partial charge in [0.25, 0.3) is 0 Å². The number of rotatable bonds is 7. The molecule has 0 saturated heterocycles. The number of nitrogens with two attached hydrogens (primary N) is 1. The molecule has 0 saturated carbocycles. The summed E-state index contributed by atoms with van der Waals surface area (Å²) in [6.45, 7) is 3.30. The molecule has 0 aliphatic rings. The van der Waals surface area contributed by atoms with Crippen LogP contribution in [0.5, 0.6) is 0 Å². The Morgan fingerprint density at radius 1 is 1.24 bits per heavy atom. The summed E-state index contributed by atoms with van der Waals surface area (Å²) in [5, 5.41) is 14.0. The number of sulfonamides is 2. The van der Waals surface area contributed by atoms with Crippen molar-refractivity contribution in [3.8, 4) is 0 Å². The topological polar surface area (TPSA) is 127 Å². The first kappa shape index (κ1) is 18.1. The number of benzene rings is 1. The minimum Gasteiger partial charge on any atom is -0.396 e. The molecule has 0 aromatic heterocycles. The third-order valence-corrected chi connectivity index (χ3v) is 5.82.